The summed E-state index contributed by atoms with van der Waals surface area (Å²) >= 11 is 0. The van der Waals surface area contributed by atoms with Crippen LogP contribution < -0.4 is 5.32 Å². The molecule has 1 aromatic carbocycles. The Morgan fingerprint density at radius 1 is 0.958 bits per heavy atom. The molecule has 0 atom stereocenters. The average Bonchev–Trinajstić information content (AvgIpc) is 2.63. The molecule has 5 heteroatoms. The van der Waals surface area contributed by atoms with Gasteiger partial charge in [0.15, 0.2) is 0 Å². The predicted octanol–water partition coefficient (Wildman–Crippen LogP) is 2.35. The lowest BCUT2D eigenvalue weighted by Gasteiger charge is -2.34. The number of para-hydroxylation sites is 1. The van der Waals surface area contributed by atoms with E-state index in [2.05, 4.69) is 10.2 Å². The first-order chi connectivity index (χ1) is 11.7. The number of rotatable bonds is 4. The Morgan fingerprint density at radius 3 is 2.29 bits per heavy atom. The number of carbonyl (C=O) groups excluding carboxylic acids is 2. The van der Waals surface area contributed by atoms with Crippen molar-refractivity contribution >= 4 is 17.5 Å². The third-order valence-electron chi connectivity index (χ3n) is 5.07. The van der Waals surface area contributed by atoms with Gasteiger partial charge in [-0.25, -0.2) is 0 Å². The van der Waals surface area contributed by atoms with Crippen molar-refractivity contribution in [1.29, 1.82) is 0 Å². The molecule has 2 fully saturated rings. The summed E-state index contributed by atoms with van der Waals surface area (Å²) in [6.45, 7) is 4.02. The molecule has 0 aliphatic carbocycles. The van der Waals surface area contributed by atoms with Gasteiger partial charge in [0.05, 0.1) is 6.54 Å². The molecule has 0 radical (unpaired) electrons. The maximum absolute atomic E-state index is 12.4. The largest absolute Gasteiger partial charge is 0.342 e. The highest BCUT2D eigenvalue weighted by molar-refractivity contribution is 5.92. The molecule has 2 heterocycles. The summed E-state index contributed by atoms with van der Waals surface area (Å²) < 4.78 is 0. The third kappa shape index (κ3) is 4.57. The first-order valence-electron chi connectivity index (χ1n) is 9.08. The fraction of sp³-hybridized carbons (Fsp3) is 0.579. The maximum atomic E-state index is 12.4. The van der Waals surface area contributed by atoms with Crippen molar-refractivity contribution in [3.63, 3.8) is 0 Å². The normalized spacial score (nSPS) is 19.9. The number of carbonyl (C=O) groups is 2. The second-order valence-electron chi connectivity index (χ2n) is 6.85. The van der Waals surface area contributed by atoms with Gasteiger partial charge < -0.3 is 10.2 Å². The highest BCUT2D eigenvalue weighted by Crippen LogP contribution is 2.20. The number of nitrogens with zero attached hydrogens (tertiary/aromatic N) is 2. The van der Waals surface area contributed by atoms with Crippen molar-refractivity contribution in [2.24, 2.45) is 5.92 Å². The molecule has 5 nitrogen and oxygen atoms in total. The van der Waals surface area contributed by atoms with E-state index < -0.39 is 0 Å². The Labute approximate surface area is 144 Å². The van der Waals surface area contributed by atoms with Crippen molar-refractivity contribution in [1.82, 2.24) is 9.80 Å². The molecule has 2 aliphatic heterocycles. The van der Waals surface area contributed by atoms with Crippen LogP contribution in [0, 0.1) is 5.92 Å². The van der Waals surface area contributed by atoms with Crippen LogP contribution >= 0.6 is 0 Å². The van der Waals surface area contributed by atoms with Crippen molar-refractivity contribution < 1.29 is 9.59 Å². The van der Waals surface area contributed by atoms with E-state index in [1.165, 1.54) is 19.3 Å². The molecule has 0 aromatic heterocycles. The minimum atomic E-state index is 0.00393. The minimum absolute atomic E-state index is 0.00393. The molecule has 0 saturated carbocycles. The summed E-state index contributed by atoms with van der Waals surface area (Å²) in [5.41, 5.74) is 0.839. The van der Waals surface area contributed by atoms with Crippen LogP contribution in [0.5, 0.6) is 0 Å². The molecule has 130 valence electrons. The van der Waals surface area contributed by atoms with Gasteiger partial charge in [0, 0.05) is 24.7 Å². The number of amides is 2. The number of hydrogen-bond donors (Lipinski definition) is 1. The Bertz CT molecular complexity index is 547. The van der Waals surface area contributed by atoms with Gasteiger partial charge in [0.2, 0.25) is 11.8 Å². The van der Waals surface area contributed by atoms with E-state index in [1.807, 2.05) is 35.2 Å². The summed E-state index contributed by atoms with van der Waals surface area (Å²) in [5, 5.41) is 2.97. The van der Waals surface area contributed by atoms with Crippen molar-refractivity contribution in [3.05, 3.63) is 30.3 Å². The summed E-state index contributed by atoms with van der Waals surface area (Å²) in [6.07, 6.45) is 5.20. The zero-order valence-electron chi connectivity index (χ0n) is 14.2. The molecule has 1 aromatic rings. The lowest BCUT2D eigenvalue weighted by Crippen LogP contribution is -2.46. The van der Waals surface area contributed by atoms with E-state index in [-0.39, 0.29) is 17.7 Å². The van der Waals surface area contributed by atoms with Gasteiger partial charge in [-0.3, -0.25) is 14.5 Å². The zero-order chi connectivity index (χ0) is 16.8. The van der Waals surface area contributed by atoms with Crippen LogP contribution in [-0.2, 0) is 9.59 Å². The summed E-state index contributed by atoms with van der Waals surface area (Å²) in [4.78, 5) is 29.0. The first kappa shape index (κ1) is 17.0. The van der Waals surface area contributed by atoms with Crippen molar-refractivity contribution in [3.8, 4) is 0 Å². The number of benzene rings is 1. The smallest absolute Gasteiger partial charge is 0.236 e. The highest BCUT2D eigenvalue weighted by Gasteiger charge is 2.28. The quantitative estimate of drug-likeness (QED) is 0.922. The van der Waals surface area contributed by atoms with Crippen LogP contribution in [0.15, 0.2) is 30.3 Å². The van der Waals surface area contributed by atoms with Gasteiger partial charge in [-0.15, -0.1) is 0 Å². The van der Waals surface area contributed by atoms with Crippen LogP contribution in [0.2, 0.25) is 0 Å². The number of piperidine rings is 2. The van der Waals surface area contributed by atoms with E-state index in [4.69, 9.17) is 0 Å². The lowest BCUT2D eigenvalue weighted by atomic mass is 9.95. The number of hydrogen-bond acceptors (Lipinski definition) is 3. The van der Waals surface area contributed by atoms with Crippen molar-refractivity contribution in [2.75, 3.05) is 38.0 Å². The van der Waals surface area contributed by atoms with E-state index in [1.54, 1.807) is 0 Å². The molecule has 24 heavy (non-hydrogen) atoms. The second kappa shape index (κ2) is 8.29. The van der Waals surface area contributed by atoms with Gasteiger partial charge in [0.1, 0.15) is 0 Å². The summed E-state index contributed by atoms with van der Waals surface area (Å²) in [7, 11) is 0. The van der Waals surface area contributed by atoms with Gasteiger partial charge >= 0.3 is 0 Å². The molecule has 2 aliphatic rings. The molecular formula is C19H27N3O2. The van der Waals surface area contributed by atoms with Crippen LogP contribution in [0.4, 0.5) is 5.69 Å². The third-order valence-corrected chi connectivity index (χ3v) is 5.07. The molecule has 0 bridgehead atoms. The summed E-state index contributed by atoms with van der Waals surface area (Å²) in [6, 6.07) is 9.56. The molecule has 2 amide bonds. The first-order valence-corrected chi connectivity index (χ1v) is 9.08. The van der Waals surface area contributed by atoms with Crippen LogP contribution in [0.3, 0.4) is 0 Å². The topological polar surface area (TPSA) is 52.7 Å². The van der Waals surface area contributed by atoms with Gasteiger partial charge in [-0.2, -0.15) is 0 Å². The molecule has 2 saturated heterocycles. The molecule has 1 N–H and O–H groups in total. The SMILES string of the molecule is O=C(Nc1ccccc1)C1CCN(C(=O)CN2CCCCC2)CC1. The molecular weight excluding hydrogens is 302 g/mol. The standard InChI is InChI=1S/C19H27N3O2/c23-18(15-21-11-5-2-6-12-21)22-13-9-16(10-14-22)19(24)20-17-7-3-1-4-8-17/h1,3-4,7-8,16H,2,5-6,9-15H2,(H,20,24). The number of anilines is 1. The monoisotopic (exact) mass is 329 g/mol. The lowest BCUT2D eigenvalue weighted by molar-refractivity contribution is -0.135. The predicted molar refractivity (Wildman–Crippen MR) is 94.7 cm³/mol. The van der Waals surface area contributed by atoms with Crippen LogP contribution in [-0.4, -0.2) is 54.3 Å². The number of likely N-dealkylation sites (tertiary alicyclic amines) is 2. The van der Waals surface area contributed by atoms with Gasteiger partial charge in [-0.1, -0.05) is 24.6 Å². The van der Waals surface area contributed by atoms with E-state index in [0.717, 1.165) is 31.6 Å². The maximum Gasteiger partial charge on any atom is 0.236 e. The zero-order valence-corrected chi connectivity index (χ0v) is 14.2. The molecule has 0 spiro atoms. The minimum Gasteiger partial charge on any atom is -0.342 e. The average molecular weight is 329 g/mol. The summed E-state index contributed by atoms with van der Waals surface area (Å²) in [5.74, 6) is 0.299. The Morgan fingerprint density at radius 2 is 1.62 bits per heavy atom. The van der Waals surface area contributed by atoms with Gasteiger partial charge in [0.25, 0.3) is 0 Å². The van der Waals surface area contributed by atoms with Gasteiger partial charge in [-0.05, 0) is 50.9 Å². The van der Waals surface area contributed by atoms with E-state index in [0.29, 0.717) is 19.6 Å². The number of nitrogens with one attached hydrogen (secondary N) is 1. The molecule has 3 rings (SSSR count). The van der Waals surface area contributed by atoms with E-state index in [9.17, 15) is 9.59 Å². The fourth-order valence-corrected chi connectivity index (χ4v) is 3.57. The van der Waals surface area contributed by atoms with Crippen molar-refractivity contribution in [2.45, 2.75) is 32.1 Å². The Hall–Kier alpha value is -1.88. The van der Waals surface area contributed by atoms with E-state index >= 15 is 0 Å². The highest BCUT2D eigenvalue weighted by atomic mass is 16.2. The molecule has 0 unspecified atom stereocenters. The Kier molecular flexibility index (Phi) is 5.86. The fourth-order valence-electron chi connectivity index (χ4n) is 3.57. The Balaban J connectivity index is 1.43. The van der Waals surface area contributed by atoms with Crippen LogP contribution in [0.25, 0.3) is 0 Å². The second-order valence-corrected chi connectivity index (χ2v) is 6.85. The van der Waals surface area contributed by atoms with Crippen LogP contribution in [0.1, 0.15) is 32.1 Å².